The zero-order chi connectivity index (χ0) is 13.5. The summed E-state index contributed by atoms with van der Waals surface area (Å²) in [7, 11) is 3.35. The molecule has 0 aliphatic rings. The van der Waals surface area contributed by atoms with Crippen molar-refractivity contribution in [2.45, 2.75) is 18.7 Å². The Labute approximate surface area is 114 Å². The van der Waals surface area contributed by atoms with E-state index in [1.165, 1.54) is 5.56 Å². The highest BCUT2D eigenvalue weighted by atomic mass is 35.5. The lowest BCUT2D eigenvalue weighted by molar-refractivity contribution is 0.0781. The van der Waals surface area contributed by atoms with E-state index in [4.69, 9.17) is 16.3 Å². The highest BCUT2D eigenvalue weighted by Gasteiger charge is 2.15. The van der Waals surface area contributed by atoms with Crippen molar-refractivity contribution in [2.75, 3.05) is 27.3 Å². The smallest absolute Gasteiger partial charge is 0.253 e. The van der Waals surface area contributed by atoms with Crippen LogP contribution in [0.25, 0.3) is 0 Å². The summed E-state index contributed by atoms with van der Waals surface area (Å²) >= 11 is 6.04. The average Bonchev–Trinajstić information content (AvgIpc) is 2.38. The van der Waals surface area contributed by atoms with Crippen LogP contribution < -0.4 is 0 Å². The van der Waals surface area contributed by atoms with Crippen molar-refractivity contribution in [1.82, 2.24) is 4.90 Å². The molecule has 0 radical (unpaired) electrons. The lowest BCUT2D eigenvalue weighted by Gasteiger charge is -2.20. The maximum Gasteiger partial charge on any atom is 0.253 e. The van der Waals surface area contributed by atoms with Gasteiger partial charge >= 0.3 is 0 Å². The van der Waals surface area contributed by atoms with Crippen LogP contribution in [0.1, 0.15) is 22.8 Å². The predicted octanol–water partition coefficient (Wildman–Crippen LogP) is 2.57. The van der Waals surface area contributed by atoms with Crippen LogP contribution in [0, 0.1) is 0 Å². The van der Waals surface area contributed by atoms with Gasteiger partial charge in [0.05, 0.1) is 12.0 Å². The van der Waals surface area contributed by atoms with E-state index in [0.717, 1.165) is 6.42 Å². The Kier molecular flexibility index (Phi) is 6.16. The molecule has 0 N–H and O–H groups in total. The largest absolute Gasteiger partial charge is 0.383 e. The Hall–Kier alpha value is -1.06. The zero-order valence-electron chi connectivity index (χ0n) is 11.1. The van der Waals surface area contributed by atoms with Crippen molar-refractivity contribution >= 4 is 17.5 Å². The van der Waals surface area contributed by atoms with Gasteiger partial charge in [-0.2, -0.15) is 0 Å². The third-order valence-corrected chi connectivity index (χ3v) is 3.04. The fraction of sp³-hybridized carbons (Fsp3) is 0.500. The lowest BCUT2D eigenvalue weighted by atomic mass is 10.1. The number of ether oxygens (including phenoxy) is 1. The first-order chi connectivity index (χ1) is 8.58. The first-order valence-electron chi connectivity index (χ1n) is 6.05. The summed E-state index contributed by atoms with van der Waals surface area (Å²) < 4.78 is 4.95. The third-order valence-electron chi connectivity index (χ3n) is 2.78. The van der Waals surface area contributed by atoms with Crippen molar-refractivity contribution in [1.29, 1.82) is 0 Å². The maximum atomic E-state index is 12.1. The molecule has 0 aliphatic heterocycles. The van der Waals surface area contributed by atoms with E-state index in [1.54, 1.807) is 19.1 Å². The van der Waals surface area contributed by atoms with Gasteiger partial charge in [-0.25, -0.2) is 0 Å². The molecule has 0 saturated carbocycles. The highest BCUT2D eigenvalue weighted by molar-refractivity contribution is 6.21. The Morgan fingerprint density at radius 1 is 1.39 bits per heavy atom. The molecule has 1 unspecified atom stereocenters. The van der Waals surface area contributed by atoms with Crippen LogP contribution in [0.2, 0.25) is 0 Å². The predicted molar refractivity (Wildman–Crippen MR) is 74.3 cm³/mol. The van der Waals surface area contributed by atoms with Gasteiger partial charge in [0.2, 0.25) is 0 Å². The van der Waals surface area contributed by atoms with Crippen LogP contribution in [-0.4, -0.2) is 43.5 Å². The van der Waals surface area contributed by atoms with E-state index in [9.17, 15) is 4.79 Å². The van der Waals surface area contributed by atoms with Gasteiger partial charge in [0.15, 0.2) is 0 Å². The van der Waals surface area contributed by atoms with E-state index in [2.05, 4.69) is 6.92 Å². The molecule has 1 amide bonds. The average molecular weight is 270 g/mol. The molecule has 0 saturated heterocycles. The Morgan fingerprint density at radius 2 is 2.00 bits per heavy atom. The van der Waals surface area contributed by atoms with Crippen LogP contribution in [0.5, 0.6) is 0 Å². The molecule has 100 valence electrons. The number of carbonyl (C=O) groups is 1. The number of amides is 1. The number of aryl methyl sites for hydroxylation is 1. The molecule has 0 aromatic heterocycles. The van der Waals surface area contributed by atoms with E-state index < -0.39 is 0 Å². The Bertz CT molecular complexity index is 378. The fourth-order valence-corrected chi connectivity index (χ4v) is 2.05. The molecule has 0 spiro atoms. The Balaban J connectivity index is 2.62. The molecule has 1 rings (SSSR count). The zero-order valence-corrected chi connectivity index (χ0v) is 11.9. The lowest BCUT2D eigenvalue weighted by Crippen LogP contribution is -2.33. The molecule has 0 aliphatic carbocycles. The summed E-state index contributed by atoms with van der Waals surface area (Å²) in [5, 5.41) is -0.182. The SMILES string of the molecule is CCc1ccc(C(=O)N(C)CC(Cl)COC)cc1. The first kappa shape index (κ1) is 15.0. The number of hydrogen-bond acceptors (Lipinski definition) is 2. The minimum atomic E-state index is -0.182. The van der Waals surface area contributed by atoms with Gasteiger partial charge in [-0.05, 0) is 24.1 Å². The van der Waals surface area contributed by atoms with E-state index in [-0.39, 0.29) is 11.3 Å². The topological polar surface area (TPSA) is 29.5 Å². The summed E-state index contributed by atoms with van der Waals surface area (Å²) in [6.45, 7) is 3.00. The van der Waals surface area contributed by atoms with Crippen molar-refractivity contribution < 1.29 is 9.53 Å². The molecule has 1 aromatic rings. The van der Waals surface area contributed by atoms with Crippen LogP contribution >= 0.6 is 11.6 Å². The van der Waals surface area contributed by atoms with Crippen LogP contribution in [-0.2, 0) is 11.2 Å². The molecular weight excluding hydrogens is 250 g/mol. The number of benzene rings is 1. The number of nitrogens with zero attached hydrogens (tertiary/aromatic N) is 1. The second kappa shape index (κ2) is 7.39. The van der Waals surface area contributed by atoms with E-state index >= 15 is 0 Å². The van der Waals surface area contributed by atoms with Gasteiger partial charge in [-0.3, -0.25) is 4.79 Å². The summed E-state index contributed by atoms with van der Waals surface area (Å²) in [5.74, 6) is -0.0144. The third kappa shape index (κ3) is 4.31. The number of alkyl halides is 1. The molecule has 4 heteroatoms. The van der Waals surface area contributed by atoms with Gasteiger partial charge in [-0.15, -0.1) is 11.6 Å². The quantitative estimate of drug-likeness (QED) is 0.743. The minimum Gasteiger partial charge on any atom is -0.383 e. The van der Waals surface area contributed by atoms with Crippen molar-refractivity contribution in [3.05, 3.63) is 35.4 Å². The van der Waals surface area contributed by atoms with Crippen molar-refractivity contribution in [3.8, 4) is 0 Å². The number of halogens is 1. The van der Waals surface area contributed by atoms with Gasteiger partial charge in [0.1, 0.15) is 0 Å². The molecule has 0 heterocycles. The van der Waals surface area contributed by atoms with Crippen LogP contribution in [0.15, 0.2) is 24.3 Å². The van der Waals surface area contributed by atoms with E-state index in [0.29, 0.717) is 18.7 Å². The molecule has 18 heavy (non-hydrogen) atoms. The number of carbonyl (C=O) groups excluding carboxylic acids is 1. The number of hydrogen-bond donors (Lipinski definition) is 0. The molecule has 1 aromatic carbocycles. The van der Waals surface area contributed by atoms with Crippen molar-refractivity contribution in [3.63, 3.8) is 0 Å². The minimum absolute atomic E-state index is 0.0144. The number of methoxy groups -OCH3 is 1. The second-order valence-electron chi connectivity index (χ2n) is 4.29. The van der Waals surface area contributed by atoms with Gasteiger partial charge < -0.3 is 9.64 Å². The van der Waals surface area contributed by atoms with Crippen LogP contribution in [0.3, 0.4) is 0 Å². The summed E-state index contributed by atoms with van der Waals surface area (Å²) in [6.07, 6.45) is 0.974. The molecule has 3 nitrogen and oxygen atoms in total. The van der Waals surface area contributed by atoms with Crippen LogP contribution in [0.4, 0.5) is 0 Å². The fourth-order valence-electron chi connectivity index (χ4n) is 1.72. The molecule has 0 fully saturated rings. The molecule has 1 atom stereocenters. The number of rotatable bonds is 6. The summed E-state index contributed by atoms with van der Waals surface area (Å²) in [5.41, 5.74) is 1.92. The molecular formula is C14H20ClNO2. The van der Waals surface area contributed by atoms with Gasteiger partial charge in [-0.1, -0.05) is 19.1 Å². The monoisotopic (exact) mass is 269 g/mol. The molecule has 0 bridgehead atoms. The summed E-state index contributed by atoms with van der Waals surface area (Å²) in [6, 6.07) is 7.68. The normalized spacial score (nSPS) is 12.2. The summed E-state index contributed by atoms with van der Waals surface area (Å²) in [4.78, 5) is 13.7. The van der Waals surface area contributed by atoms with E-state index in [1.807, 2.05) is 24.3 Å². The Morgan fingerprint density at radius 3 is 2.50 bits per heavy atom. The first-order valence-corrected chi connectivity index (χ1v) is 6.49. The standard InChI is InChI=1S/C14H20ClNO2/c1-4-11-5-7-12(8-6-11)14(17)16(2)9-13(15)10-18-3/h5-8,13H,4,9-10H2,1-3H3. The van der Waals surface area contributed by atoms with Gasteiger partial charge in [0.25, 0.3) is 5.91 Å². The van der Waals surface area contributed by atoms with Crippen molar-refractivity contribution in [2.24, 2.45) is 0 Å². The highest BCUT2D eigenvalue weighted by Crippen LogP contribution is 2.09. The maximum absolute atomic E-state index is 12.1. The second-order valence-corrected chi connectivity index (χ2v) is 4.91. The van der Waals surface area contributed by atoms with Gasteiger partial charge in [0, 0.05) is 26.3 Å².